The Hall–Kier alpha value is -2.63. The fourth-order valence-electron chi connectivity index (χ4n) is 3.64. The fraction of sp³-hybridized carbons (Fsp3) is 0.500. The lowest BCUT2D eigenvalue weighted by molar-refractivity contribution is -0.133. The second-order valence-corrected chi connectivity index (χ2v) is 7.85. The van der Waals surface area contributed by atoms with Crippen molar-refractivity contribution in [3.63, 3.8) is 0 Å². The van der Waals surface area contributed by atoms with E-state index in [1.807, 2.05) is 35.2 Å². The molecule has 1 aromatic heterocycles. The standard InChI is InChI=1S/C22H29N3O3/c1-4-19-15-24(22(27)20-13-18(23-28-20)12-16(2)3)11-10-21(26)25(19)14-17-8-6-5-7-9-17/h5-9,13,16,19H,4,10-12,14-15H2,1-3H3. The summed E-state index contributed by atoms with van der Waals surface area (Å²) in [5.74, 6) is 0.605. The Kier molecular flexibility index (Phi) is 6.49. The van der Waals surface area contributed by atoms with Gasteiger partial charge in [0.1, 0.15) is 0 Å². The maximum absolute atomic E-state index is 12.9. The van der Waals surface area contributed by atoms with Crippen molar-refractivity contribution >= 4 is 11.8 Å². The highest BCUT2D eigenvalue weighted by atomic mass is 16.5. The Morgan fingerprint density at radius 3 is 2.71 bits per heavy atom. The van der Waals surface area contributed by atoms with Gasteiger partial charge in [-0.05, 0) is 24.3 Å². The molecule has 6 heteroatoms. The van der Waals surface area contributed by atoms with Gasteiger partial charge in [-0.15, -0.1) is 0 Å². The number of carbonyl (C=O) groups excluding carboxylic acids is 2. The van der Waals surface area contributed by atoms with Gasteiger partial charge in [0.25, 0.3) is 5.91 Å². The van der Waals surface area contributed by atoms with E-state index in [2.05, 4.69) is 25.9 Å². The molecule has 1 atom stereocenters. The van der Waals surface area contributed by atoms with E-state index in [0.717, 1.165) is 24.1 Å². The molecule has 0 saturated carbocycles. The third-order valence-corrected chi connectivity index (χ3v) is 5.13. The summed E-state index contributed by atoms with van der Waals surface area (Å²) < 4.78 is 5.30. The Bertz CT molecular complexity index is 800. The summed E-state index contributed by atoms with van der Waals surface area (Å²) in [4.78, 5) is 29.4. The SMILES string of the molecule is CCC1CN(C(=O)c2cc(CC(C)C)no2)CCC(=O)N1Cc1ccccc1. The molecule has 1 aromatic carbocycles. The highest BCUT2D eigenvalue weighted by Crippen LogP contribution is 2.20. The third kappa shape index (κ3) is 4.80. The summed E-state index contributed by atoms with van der Waals surface area (Å²) in [6, 6.07) is 11.7. The molecule has 0 aliphatic carbocycles. The number of hydrogen-bond acceptors (Lipinski definition) is 4. The summed E-state index contributed by atoms with van der Waals surface area (Å²) in [5, 5.41) is 4.02. The van der Waals surface area contributed by atoms with Crippen molar-refractivity contribution < 1.29 is 14.1 Å². The van der Waals surface area contributed by atoms with E-state index in [4.69, 9.17) is 4.52 Å². The van der Waals surface area contributed by atoms with Crippen LogP contribution in [0, 0.1) is 5.92 Å². The van der Waals surface area contributed by atoms with Crippen molar-refractivity contribution in [2.75, 3.05) is 13.1 Å². The molecule has 1 fully saturated rings. The van der Waals surface area contributed by atoms with Crippen LogP contribution >= 0.6 is 0 Å². The Morgan fingerprint density at radius 2 is 2.04 bits per heavy atom. The molecule has 1 unspecified atom stereocenters. The molecular formula is C22H29N3O3. The minimum Gasteiger partial charge on any atom is -0.351 e. The Labute approximate surface area is 166 Å². The van der Waals surface area contributed by atoms with Gasteiger partial charge in [0.15, 0.2) is 0 Å². The molecule has 6 nitrogen and oxygen atoms in total. The van der Waals surface area contributed by atoms with Crippen LogP contribution in [0.1, 0.15) is 55.4 Å². The number of benzene rings is 1. The molecular weight excluding hydrogens is 354 g/mol. The van der Waals surface area contributed by atoms with Crippen molar-refractivity contribution in [2.24, 2.45) is 5.92 Å². The summed E-state index contributed by atoms with van der Waals surface area (Å²) >= 11 is 0. The molecule has 0 bridgehead atoms. The average molecular weight is 383 g/mol. The molecule has 0 spiro atoms. The molecule has 2 heterocycles. The predicted octanol–water partition coefficient (Wildman–Crippen LogP) is 3.53. The largest absolute Gasteiger partial charge is 0.351 e. The lowest BCUT2D eigenvalue weighted by Gasteiger charge is -2.31. The molecule has 150 valence electrons. The molecule has 2 amide bonds. The molecule has 2 aromatic rings. The first kappa shape index (κ1) is 20.1. The minimum absolute atomic E-state index is 0.0165. The van der Waals surface area contributed by atoms with Gasteiger partial charge in [0, 0.05) is 38.2 Å². The molecule has 1 saturated heterocycles. The highest BCUT2D eigenvalue weighted by molar-refractivity contribution is 5.92. The van der Waals surface area contributed by atoms with Gasteiger partial charge >= 0.3 is 0 Å². The highest BCUT2D eigenvalue weighted by Gasteiger charge is 2.32. The fourth-order valence-corrected chi connectivity index (χ4v) is 3.64. The van der Waals surface area contributed by atoms with Gasteiger partial charge < -0.3 is 14.3 Å². The molecule has 0 radical (unpaired) electrons. The summed E-state index contributed by atoms with van der Waals surface area (Å²) in [5.41, 5.74) is 1.89. The first-order chi connectivity index (χ1) is 13.5. The smallest absolute Gasteiger partial charge is 0.292 e. The van der Waals surface area contributed by atoms with E-state index < -0.39 is 0 Å². The predicted molar refractivity (Wildman–Crippen MR) is 107 cm³/mol. The van der Waals surface area contributed by atoms with Gasteiger partial charge in [-0.2, -0.15) is 0 Å². The zero-order chi connectivity index (χ0) is 20.1. The van der Waals surface area contributed by atoms with Crippen LogP contribution in [0.2, 0.25) is 0 Å². The Balaban J connectivity index is 1.73. The number of aromatic nitrogens is 1. The molecule has 28 heavy (non-hydrogen) atoms. The zero-order valence-corrected chi connectivity index (χ0v) is 16.9. The van der Waals surface area contributed by atoms with Crippen molar-refractivity contribution in [2.45, 2.75) is 52.6 Å². The molecule has 3 rings (SSSR count). The molecule has 1 aliphatic rings. The van der Waals surface area contributed by atoms with Crippen LogP contribution in [0.5, 0.6) is 0 Å². The molecule has 0 N–H and O–H groups in total. The lowest BCUT2D eigenvalue weighted by atomic mass is 10.1. The van der Waals surface area contributed by atoms with E-state index in [1.54, 1.807) is 11.0 Å². The first-order valence-electron chi connectivity index (χ1n) is 10.1. The van der Waals surface area contributed by atoms with E-state index >= 15 is 0 Å². The number of amides is 2. The van der Waals surface area contributed by atoms with Gasteiger partial charge in [-0.3, -0.25) is 9.59 Å². The normalized spacial score (nSPS) is 17.9. The first-order valence-corrected chi connectivity index (χ1v) is 10.1. The van der Waals surface area contributed by atoms with Gasteiger partial charge in [-0.1, -0.05) is 56.3 Å². The van der Waals surface area contributed by atoms with E-state index in [0.29, 0.717) is 32.0 Å². The second kappa shape index (κ2) is 9.04. The summed E-state index contributed by atoms with van der Waals surface area (Å²) in [6.07, 6.45) is 1.89. The van der Waals surface area contributed by atoms with Gasteiger partial charge in [0.05, 0.1) is 5.69 Å². The zero-order valence-electron chi connectivity index (χ0n) is 16.9. The van der Waals surface area contributed by atoms with Crippen LogP contribution in [-0.2, 0) is 17.8 Å². The van der Waals surface area contributed by atoms with Crippen molar-refractivity contribution in [3.05, 3.63) is 53.4 Å². The topological polar surface area (TPSA) is 66.7 Å². The average Bonchev–Trinajstić information content (AvgIpc) is 3.08. The summed E-state index contributed by atoms with van der Waals surface area (Å²) in [7, 11) is 0. The summed E-state index contributed by atoms with van der Waals surface area (Å²) in [6.45, 7) is 7.74. The van der Waals surface area contributed by atoms with Crippen LogP contribution in [0.4, 0.5) is 0 Å². The van der Waals surface area contributed by atoms with Crippen LogP contribution in [0.3, 0.4) is 0 Å². The van der Waals surface area contributed by atoms with Crippen molar-refractivity contribution in [3.8, 4) is 0 Å². The third-order valence-electron chi connectivity index (χ3n) is 5.13. The number of carbonyl (C=O) groups is 2. The maximum Gasteiger partial charge on any atom is 0.292 e. The van der Waals surface area contributed by atoms with Gasteiger partial charge in [-0.25, -0.2) is 0 Å². The quantitative estimate of drug-likeness (QED) is 0.765. The number of nitrogens with zero attached hydrogens (tertiary/aromatic N) is 3. The van der Waals surface area contributed by atoms with Crippen LogP contribution < -0.4 is 0 Å². The van der Waals surface area contributed by atoms with E-state index in [-0.39, 0.29) is 23.6 Å². The van der Waals surface area contributed by atoms with Crippen LogP contribution in [0.25, 0.3) is 0 Å². The monoisotopic (exact) mass is 383 g/mol. The number of rotatable bonds is 6. The molecule has 1 aliphatic heterocycles. The van der Waals surface area contributed by atoms with E-state index in [1.165, 1.54) is 0 Å². The van der Waals surface area contributed by atoms with Crippen LogP contribution in [0.15, 0.2) is 40.9 Å². The van der Waals surface area contributed by atoms with Crippen molar-refractivity contribution in [1.82, 2.24) is 15.0 Å². The van der Waals surface area contributed by atoms with Gasteiger partial charge in [0.2, 0.25) is 11.7 Å². The van der Waals surface area contributed by atoms with Crippen molar-refractivity contribution in [1.29, 1.82) is 0 Å². The number of hydrogen-bond donors (Lipinski definition) is 0. The van der Waals surface area contributed by atoms with Crippen LogP contribution in [-0.4, -0.2) is 45.9 Å². The van der Waals surface area contributed by atoms with E-state index in [9.17, 15) is 9.59 Å². The lowest BCUT2D eigenvalue weighted by Crippen LogP contribution is -2.43. The second-order valence-electron chi connectivity index (χ2n) is 7.85. The Morgan fingerprint density at radius 1 is 1.29 bits per heavy atom. The minimum atomic E-state index is -0.185. The maximum atomic E-state index is 12.9.